The van der Waals surface area contributed by atoms with Crippen molar-refractivity contribution in [2.45, 2.75) is 39.2 Å². The number of hydrogen-bond acceptors (Lipinski definition) is 3. The molecule has 3 N–H and O–H groups in total. The number of nitrogens with two attached hydrogens (primary N) is 1. The third kappa shape index (κ3) is 3.51. The minimum Gasteiger partial charge on any atom is -0.381 e. The molecule has 0 bridgehead atoms. The Kier molecular flexibility index (Phi) is 3.69. The molecule has 1 atom stereocenters. The Morgan fingerprint density at radius 3 is 2.67 bits per heavy atom. The fraction of sp³-hybridized carbons (Fsp3) is 0.583. The van der Waals surface area contributed by atoms with Gasteiger partial charge in [-0.3, -0.25) is 4.98 Å². The van der Waals surface area contributed by atoms with Crippen LogP contribution in [0.5, 0.6) is 0 Å². The molecule has 0 spiro atoms. The van der Waals surface area contributed by atoms with E-state index in [1.165, 1.54) is 0 Å². The van der Waals surface area contributed by atoms with Crippen LogP contribution in [-0.4, -0.2) is 17.6 Å². The summed E-state index contributed by atoms with van der Waals surface area (Å²) >= 11 is 0. The van der Waals surface area contributed by atoms with Crippen molar-refractivity contribution >= 4 is 5.69 Å². The van der Waals surface area contributed by atoms with E-state index in [1.54, 1.807) is 0 Å². The molecule has 1 aromatic rings. The normalized spacial score (nSPS) is 13.7. The van der Waals surface area contributed by atoms with Gasteiger partial charge in [0.05, 0.1) is 0 Å². The molecule has 1 unspecified atom stereocenters. The Morgan fingerprint density at radius 1 is 1.47 bits per heavy atom. The van der Waals surface area contributed by atoms with E-state index < -0.39 is 0 Å². The average molecular weight is 207 g/mol. The summed E-state index contributed by atoms with van der Waals surface area (Å²) in [5, 5.41) is 3.34. The molecule has 0 saturated carbocycles. The summed E-state index contributed by atoms with van der Waals surface area (Å²) in [6.07, 6.45) is 1.84. The van der Waals surface area contributed by atoms with Crippen LogP contribution < -0.4 is 11.1 Å². The first-order valence-corrected chi connectivity index (χ1v) is 5.36. The number of nitrogens with zero attached hydrogens (tertiary/aromatic N) is 1. The molecule has 0 amide bonds. The van der Waals surface area contributed by atoms with Crippen LogP contribution in [0.1, 0.15) is 33.4 Å². The molecular weight excluding hydrogens is 186 g/mol. The highest BCUT2D eigenvalue weighted by molar-refractivity contribution is 5.45. The Labute approximate surface area is 92.1 Å². The number of pyridine rings is 1. The molecule has 1 heterocycles. The highest BCUT2D eigenvalue weighted by Gasteiger charge is 2.15. The highest BCUT2D eigenvalue weighted by Crippen LogP contribution is 2.22. The van der Waals surface area contributed by atoms with Crippen molar-refractivity contribution in [3.8, 4) is 0 Å². The molecule has 3 nitrogen and oxygen atoms in total. The van der Waals surface area contributed by atoms with Gasteiger partial charge in [-0.2, -0.15) is 0 Å². The van der Waals surface area contributed by atoms with Gasteiger partial charge in [-0.05, 0) is 19.1 Å². The minimum absolute atomic E-state index is 0.0869. The van der Waals surface area contributed by atoms with Crippen LogP contribution in [0, 0.1) is 0 Å². The summed E-state index contributed by atoms with van der Waals surface area (Å²) in [7, 11) is 0. The van der Waals surface area contributed by atoms with Gasteiger partial charge in [0.1, 0.15) is 0 Å². The lowest BCUT2D eigenvalue weighted by molar-refractivity contribution is 0.569. The molecule has 0 aliphatic rings. The third-order valence-corrected chi connectivity index (χ3v) is 2.29. The maximum absolute atomic E-state index is 5.57. The van der Waals surface area contributed by atoms with Gasteiger partial charge in [-0.15, -0.1) is 0 Å². The van der Waals surface area contributed by atoms with Gasteiger partial charge >= 0.3 is 0 Å². The number of anilines is 1. The monoisotopic (exact) mass is 207 g/mol. The quantitative estimate of drug-likeness (QED) is 0.798. The van der Waals surface area contributed by atoms with Crippen molar-refractivity contribution in [3.63, 3.8) is 0 Å². The first-order chi connectivity index (χ1) is 6.93. The van der Waals surface area contributed by atoms with E-state index in [4.69, 9.17) is 5.73 Å². The molecule has 1 rings (SSSR count). The van der Waals surface area contributed by atoms with Crippen LogP contribution >= 0.6 is 0 Å². The topological polar surface area (TPSA) is 50.9 Å². The Balaban J connectivity index is 2.84. The molecular formula is C12H21N3. The molecule has 15 heavy (non-hydrogen) atoms. The lowest BCUT2D eigenvalue weighted by Gasteiger charge is -2.19. The van der Waals surface area contributed by atoms with Crippen molar-refractivity contribution in [1.82, 2.24) is 4.98 Å². The first-order valence-electron chi connectivity index (χ1n) is 5.36. The van der Waals surface area contributed by atoms with E-state index in [2.05, 4.69) is 44.1 Å². The van der Waals surface area contributed by atoms with Crippen LogP contribution in [-0.2, 0) is 5.41 Å². The van der Waals surface area contributed by atoms with Gasteiger partial charge in [-0.25, -0.2) is 0 Å². The van der Waals surface area contributed by atoms with Gasteiger partial charge in [0.2, 0.25) is 0 Å². The van der Waals surface area contributed by atoms with E-state index >= 15 is 0 Å². The average Bonchev–Trinajstić information content (AvgIpc) is 2.17. The number of rotatable bonds is 3. The Morgan fingerprint density at radius 2 is 2.13 bits per heavy atom. The summed E-state index contributed by atoms with van der Waals surface area (Å²) < 4.78 is 0. The van der Waals surface area contributed by atoms with Gasteiger partial charge in [-0.1, -0.05) is 20.8 Å². The van der Waals surface area contributed by atoms with E-state index in [9.17, 15) is 0 Å². The number of nitrogens with one attached hydrogen (secondary N) is 1. The SMILES string of the molecule is CC(CN)Nc1ccnc(C(C)(C)C)c1. The molecule has 84 valence electrons. The molecule has 3 heteroatoms. The van der Waals surface area contributed by atoms with Crippen molar-refractivity contribution < 1.29 is 0 Å². The molecule has 0 aromatic carbocycles. The Bertz CT molecular complexity index is 315. The fourth-order valence-electron chi connectivity index (χ4n) is 1.27. The van der Waals surface area contributed by atoms with Crippen molar-refractivity contribution in [2.24, 2.45) is 5.73 Å². The second-order valence-electron chi connectivity index (χ2n) is 4.96. The summed E-state index contributed by atoms with van der Waals surface area (Å²) in [5.74, 6) is 0. The zero-order valence-electron chi connectivity index (χ0n) is 10.0. The molecule has 0 radical (unpaired) electrons. The van der Waals surface area contributed by atoms with Crippen LogP contribution in [0.25, 0.3) is 0 Å². The van der Waals surface area contributed by atoms with E-state index in [-0.39, 0.29) is 5.41 Å². The minimum atomic E-state index is 0.0869. The third-order valence-electron chi connectivity index (χ3n) is 2.29. The summed E-state index contributed by atoms with van der Waals surface area (Å²) in [4.78, 5) is 4.37. The van der Waals surface area contributed by atoms with Crippen LogP contribution in [0.3, 0.4) is 0 Å². The van der Waals surface area contributed by atoms with Gasteiger partial charge in [0.25, 0.3) is 0 Å². The molecule has 0 aliphatic heterocycles. The zero-order valence-corrected chi connectivity index (χ0v) is 10.0. The van der Waals surface area contributed by atoms with Crippen LogP contribution in [0.15, 0.2) is 18.3 Å². The van der Waals surface area contributed by atoms with E-state index in [0.29, 0.717) is 12.6 Å². The second-order valence-corrected chi connectivity index (χ2v) is 4.96. The summed E-state index contributed by atoms with van der Waals surface area (Å²) in [6, 6.07) is 4.35. The largest absolute Gasteiger partial charge is 0.381 e. The van der Waals surface area contributed by atoms with Crippen LogP contribution in [0.4, 0.5) is 5.69 Å². The number of hydrogen-bond donors (Lipinski definition) is 2. The zero-order chi connectivity index (χ0) is 11.5. The maximum Gasteiger partial charge on any atom is 0.0477 e. The predicted molar refractivity (Wildman–Crippen MR) is 65.1 cm³/mol. The fourth-order valence-corrected chi connectivity index (χ4v) is 1.27. The second kappa shape index (κ2) is 4.62. The van der Waals surface area contributed by atoms with E-state index in [0.717, 1.165) is 11.4 Å². The van der Waals surface area contributed by atoms with Crippen molar-refractivity contribution in [3.05, 3.63) is 24.0 Å². The smallest absolute Gasteiger partial charge is 0.0477 e. The summed E-state index contributed by atoms with van der Waals surface area (Å²) in [6.45, 7) is 9.17. The maximum atomic E-state index is 5.57. The lowest BCUT2D eigenvalue weighted by atomic mass is 9.91. The number of aromatic nitrogens is 1. The first kappa shape index (κ1) is 12.0. The molecule has 0 aliphatic carbocycles. The van der Waals surface area contributed by atoms with Gasteiger partial charge < -0.3 is 11.1 Å². The highest BCUT2D eigenvalue weighted by atomic mass is 14.9. The standard InChI is InChI=1S/C12H21N3/c1-9(8-13)15-10-5-6-14-11(7-10)12(2,3)4/h5-7,9H,8,13H2,1-4H3,(H,14,15). The lowest BCUT2D eigenvalue weighted by Crippen LogP contribution is -2.25. The van der Waals surface area contributed by atoms with Gasteiger partial charge in [0, 0.05) is 35.6 Å². The van der Waals surface area contributed by atoms with Gasteiger partial charge in [0.15, 0.2) is 0 Å². The molecule has 0 fully saturated rings. The summed E-state index contributed by atoms with van der Waals surface area (Å²) in [5.41, 5.74) is 7.84. The van der Waals surface area contributed by atoms with Crippen LogP contribution in [0.2, 0.25) is 0 Å². The van der Waals surface area contributed by atoms with E-state index in [1.807, 2.05) is 12.3 Å². The predicted octanol–water partition coefficient (Wildman–Crippen LogP) is 2.14. The molecule has 0 saturated heterocycles. The molecule has 1 aromatic heterocycles. The van der Waals surface area contributed by atoms with Crippen molar-refractivity contribution in [2.75, 3.05) is 11.9 Å². The van der Waals surface area contributed by atoms with Crippen molar-refractivity contribution in [1.29, 1.82) is 0 Å². The Hall–Kier alpha value is -1.09.